The van der Waals surface area contributed by atoms with Crippen LogP contribution in [0.5, 0.6) is 0 Å². The van der Waals surface area contributed by atoms with E-state index in [-0.39, 0.29) is 17.6 Å². The molecule has 0 saturated carbocycles. The van der Waals surface area contributed by atoms with Gasteiger partial charge in [-0.1, -0.05) is 13.0 Å². The van der Waals surface area contributed by atoms with Gasteiger partial charge in [-0.15, -0.1) is 0 Å². The van der Waals surface area contributed by atoms with Gasteiger partial charge in [-0.3, -0.25) is 4.79 Å². The summed E-state index contributed by atoms with van der Waals surface area (Å²) in [6.07, 6.45) is 1.48. The normalized spacial score (nSPS) is 12.5. The van der Waals surface area contributed by atoms with Gasteiger partial charge in [0.05, 0.1) is 4.47 Å². The van der Waals surface area contributed by atoms with Gasteiger partial charge in [0.25, 0.3) is 0 Å². The van der Waals surface area contributed by atoms with Crippen molar-refractivity contribution in [3.63, 3.8) is 0 Å². The second-order valence-electron chi connectivity index (χ2n) is 3.84. The monoisotopic (exact) mass is 287 g/mol. The number of nitrogens with two attached hydrogens (primary N) is 1. The molecule has 0 heterocycles. The molecule has 0 aliphatic carbocycles. The Bertz CT molecular complexity index is 381. The van der Waals surface area contributed by atoms with E-state index in [0.717, 1.165) is 12.0 Å². The lowest BCUT2D eigenvalue weighted by Crippen LogP contribution is -2.23. The molecule has 1 atom stereocenters. The second kappa shape index (κ2) is 6.11. The average molecular weight is 288 g/mol. The lowest BCUT2D eigenvalue weighted by Gasteiger charge is -2.07. The van der Waals surface area contributed by atoms with Crippen LogP contribution in [-0.2, 0) is 11.2 Å². The molecule has 0 saturated heterocycles. The minimum absolute atomic E-state index is 0.0728. The molecule has 0 bridgehead atoms. The molecule has 88 valence electrons. The zero-order chi connectivity index (χ0) is 12.1. The summed E-state index contributed by atoms with van der Waals surface area (Å²) in [6, 6.07) is 4.53. The minimum Gasteiger partial charge on any atom is -0.327 e. The van der Waals surface area contributed by atoms with Crippen molar-refractivity contribution in [2.24, 2.45) is 5.73 Å². The molecule has 0 fully saturated rings. The number of rotatable bonds is 5. The van der Waals surface area contributed by atoms with Gasteiger partial charge in [-0.05, 0) is 40.0 Å². The zero-order valence-electron chi connectivity index (χ0n) is 9.17. The molecule has 2 nitrogen and oxygen atoms in total. The Kier molecular flexibility index (Phi) is 5.09. The lowest BCUT2D eigenvalue weighted by molar-refractivity contribution is -0.118. The highest BCUT2D eigenvalue weighted by atomic mass is 79.9. The molecule has 1 unspecified atom stereocenters. The SMILES string of the molecule is CCC(N)CC(=O)Cc1ccc(F)c(Br)c1. The molecule has 4 heteroatoms. The maximum Gasteiger partial charge on any atom is 0.138 e. The number of Topliss-reactive ketones (excluding diaryl/α,β-unsaturated/α-hetero) is 1. The van der Waals surface area contributed by atoms with Gasteiger partial charge in [0.15, 0.2) is 0 Å². The van der Waals surface area contributed by atoms with E-state index in [1.165, 1.54) is 6.07 Å². The first-order valence-electron chi connectivity index (χ1n) is 5.24. The van der Waals surface area contributed by atoms with Gasteiger partial charge >= 0.3 is 0 Å². The summed E-state index contributed by atoms with van der Waals surface area (Å²) in [5.74, 6) is -0.227. The second-order valence-corrected chi connectivity index (χ2v) is 4.69. The predicted octanol–water partition coefficient (Wildman–Crippen LogP) is 2.83. The number of halogens is 2. The molecule has 0 amide bonds. The Balaban J connectivity index is 2.59. The molecule has 0 aliphatic heterocycles. The molecular weight excluding hydrogens is 273 g/mol. The van der Waals surface area contributed by atoms with E-state index in [2.05, 4.69) is 15.9 Å². The highest BCUT2D eigenvalue weighted by Crippen LogP contribution is 2.17. The largest absolute Gasteiger partial charge is 0.327 e. The van der Waals surface area contributed by atoms with Crippen LogP contribution in [0.25, 0.3) is 0 Å². The van der Waals surface area contributed by atoms with E-state index in [1.54, 1.807) is 12.1 Å². The first-order chi connectivity index (χ1) is 7.52. The Labute approximate surface area is 103 Å². The van der Waals surface area contributed by atoms with Gasteiger partial charge in [0.2, 0.25) is 0 Å². The predicted molar refractivity (Wildman–Crippen MR) is 65.7 cm³/mol. The number of hydrogen-bond acceptors (Lipinski definition) is 2. The first kappa shape index (κ1) is 13.3. The number of benzene rings is 1. The van der Waals surface area contributed by atoms with Crippen molar-refractivity contribution >= 4 is 21.7 Å². The third kappa shape index (κ3) is 4.02. The standard InChI is InChI=1S/C12H15BrFNO/c1-2-9(15)7-10(16)5-8-3-4-12(14)11(13)6-8/h3-4,6,9H,2,5,7,15H2,1H3. The summed E-state index contributed by atoms with van der Waals surface area (Å²) in [6.45, 7) is 1.95. The lowest BCUT2D eigenvalue weighted by atomic mass is 10.0. The zero-order valence-corrected chi connectivity index (χ0v) is 10.8. The molecule has 1 rings (SSSR count). The molecule has 1 aromatic carbocycles. The number of hydrogen-bond donors (Lipinski definition) is 1. The highest BCUT2D eigenvalue weighted by Gasteiger charge is 2.09. The van der Waals surface area contributed by atoms with Gasteiger partial charge in [-0.25, -0.2) is 4.39 Å². The number of carbonyl (C=O) groups excluding carboxylic acids is 1. The van der Waals surface area contributed by atoms with E-state index in [0.29, 0.717) is 17.3 Å². The van der Waals surface area contributed by atoms with E-state index >= 15 is 0 Å². The van der Waals surface area contributed by atoms with E-state index in [1.807, 2.05) is 6.92 Å². The van der Waals surface area contributed by atoms with Crippen LogP contribution in [0.2, 0.25) is 0 Å². The number of carbonyl (C=O) groups is 1. The van der Waals surface area contributed by atoms with Crippen molar-refractivity contribution in [2.45, 2.75) is 32.2 Å². The first-order valence-corrected chi connectivity index (χ1v) is 6.03. The molecule has 16 heavy (non-hydrogen) atoms. The third-order valence-electron chi connectivity index (χ3n) is 2.40. The maximum absolute atomic E-state index is 12.9. The van der Waals surface area contributed by atoms with Gasteiger partial charge in [-0.2, -0.15) is 0 Å². The fourth-order valence-corrected chi connectivity index (χ4v) is 1.81. The molecule has 0 aliphatic rings. The Morgan fingerprint density at radius 2 is 2.25 bits per heavy atom. The third-order valence-corrected chi connectivity index (χ3v) is 3.01. The quantitative estimate of drug-likeness (QED) is 0.905. The van der Waals surface area contributed by atoms with Crippen LogP contribution in [0.1, 0.15) is 25.3 Å². The average Bonchev–Trinajstić information content (AvgIpc) is 2.23. The van der Waals surface area contributed by atoms with Gasteiger partial charge in [0, 0.05) is 18.9 Å². The molecule has 1 aromatic rings. The number of ketones is 1. The van der Waals surface area contributed by atoms with Crippen molar-refractivity contribution in [1.82, 2.24) is 0 Å². The van der Waals surface area contributed by atoms with Crippen LogP contribution in [0.15, 0.2) is 22.7 Å². The topological polar surface area (TPSA) is 43.1 Å². The summed E-state index contributed by atoms with van der Waals surface area (Å²) in [4.78, 5) is 11.6. The fourth-order valence-electron chi connectivity index (χ4n) is 1.39. The maximum atomic E-state index is 12.9. The summed E-state index contributed by atoms with van der Waals surface area (Å²) in [5, 5.41) is 0. The van der Waals surface area contributed by atoms with Crippen molar-refractivity contribution in [3.8, 4) is 0 Å². The molecule has 0 spiro atoms. The van der Waals surface area contributed by atoms with Crippen molar-refractivity contribution in [3.05, 3.63) is 34.1 Å². The van der Waals surface area contributed by atoms with E-state index in [9.17, 15) is 9.18 Å². The van der Waals surface area contributed by atoms with Crippen LogP contribution in [0, 0.1) is 5.82 Å². The fraction of sp³-hybridized carbons (Fsp3) is 0.417. The smallest absolute Gasteiger partial charge is 0.138 e. The molecule has 0 radical (unpaired) electrons. The van der Waals surface area contributed by atoms with Crippen molar-refractivity contribution in [1.29, 1.82) is 0 Å². The van der Waals surface area contributed by atoms with Crippen LogP contribution in [0.3, 0.4) is 0 Å². The van der Waals surface area contributed by atoms with Gasteiger partial charge in [0.1, 0.15) is 11.6 Å². The van der Waals surface area contributed by atoms with Crippen LogP contribution < -0.4 is 5.73 Å². The van der Waals surface area contributed by atoms with Crippen molar-refractivity contribution < 1.29 is 9.18 Å². The van der Waals surface area contributed by atoms with Crippen LogP contribution in [-0.4, -0.2) is 11.8 Å². The summed E-state index contributed by atoms with van der Waals surface area (Å²) in [5.41, 5.74) is 6.50. The van der Waals surface area contributed by atoms with E-state index in [4.69, 9.17) is 5.73 Å². The minimum atomic E-state index is -0.318. The van der Waals surface area contributed by atoms with Crippen molar-refractivity contribution in [2.75, 3.05) is 0 Å². The molecule has 2 N–H and O–H groups in total. The Hall–Kier alpha value is -0.740. The molecule has 0 aromatic heterocycles. The Morgan fingerprint density at radius 3 is 2.81 bits per heavy atom. The van der Waals surface area contributed by atoms with Crippen LogP contribution in [0.4, 0.5) is 4.39 Å². The molecular formula is C12H15BrFNO. The van der Waals surface area contributed by atoms with Gasteiger partial charge < -0.3 is 5.73 Å². The Morgan fingerprint density at radius 1 is 1.56 bits per heavy atom. The summed E-state index contributed by atoms with van der Waals surface area (Å²) < 4.78 is 13.3. The summed E-state index contributed by atoms with van der Waals surface area (Å²) in [7, 11) is 0. The highest BCUT2D eigenvalue weighted by molar-refractivity contribution is 9.10. The van der Waals surface area contributed by atoms with E-state index < -0.39 is 0 Å². The van der Waals surface area contributed by atoms with Crippen LogP contribution >= 0.6 is 15.9 Å². The summed E-state index contributed by atoms with van der Waals surface area (Å²) >= 11 is 3.09.